The molecule has 1 aliphatic heterocycles. The molecular formula is C33H42O11. The molecule has 4 fully saturated rings. The Morgan fingerprint density at radius 2 is 1.55 bits per heavy atom. The lowest BCUT2D eigenvalue weighted by Gasteiger charge is -2.57. The summed E-state index contributed by atoms with van der Waals surface area (Å²) < 4.78 is 34.1. The van der Waals surface area contributed by atoms with Gasteiger partial charge >= 0.3 is 23.9 Å². The minimum Gasteiger partial charge on any atom is -0.467 e. The van der Waals surface area contributed by atoms with E-state index in [0.29, 0.717) is 18.3 Å². The molecule has 1 saturated heterocycles. The number of rotatable bonds is 6. The molecule has 11 atom stereocenters. The quantitative estimate of drug-likeness (QED) is 0.320. The van der Waals surface area contributed by atoms with Gasteiger partial charge in [-0.15, -0.1) is 0 Å². The van der Waals surface area contributed by atoms with Crippen molar-refractivity contribution in [2.45, 2.75) is 104 Å². The van der Waals surface area contributed by atoms with Crippen LogP contribution in [0.1, 0.15) is 66.7 Å². The molecule has 240 valence electrons. The first-order valence-corrected chi connectivity index (χ1v) is 15.2. The van der Waals surface area contributed by atoms with Crippen molar-refractivity contribution < 1.29 is 52.4 Å². The lowest BCUT2D eigenvalue weighted by Crippen LogP contribution is -2.64. The van der Waals surface area contributed by atoms with Crippen molar-refractivity contribution in [1.82, 2.24) is 0 Å². The topological polar surface area (TPSA) is 141 Å². The van der Waals surface area contributed by atoms with Crippen LogP contribution in [0.3, 0.4) is 0 Å². The molecule has 3 saturated carbocycles. The van der Waals surface area contributed by atoms with E-state index in [-0.39, 0.29) is 28.6 Å². The molecule has 0 aromatic carbocycles. The zero-order valence-electron chi connectivity index (χ0n) is 26.2. The van der Waals surface area contributed by atoms with Gasteiger partial charge in [-0.05, 0) is 73.0 Å². The van der Waals surface area contributed by atoms with Gasteiger partial charge in [-0.3, -0.25) is 19.2 Å². The van der Waals surface area contributed by atoms with Crippen molar-refractivity contribution >= 4 is 29.7 Å². The molecule has 0 unspecified atom stereocenters. The number of hydrogen-bond donors (Lipinski definition) is 0. The molecule has 0 N–H and O–H groups in total. The highest BCUT2D eigenvalue weighted by Crippen LogP contribution is 2.65. The average Bonchev–Trinajstić information content (AvgIpc) is 3.27. The van der Waals surface area contributed by atoms with E-state index < -0.39 is 54.6 Å². The standard InChI is InChI=1S/C33H42O11/c1-16-14-21-22-8-9-25(33(22,6)13-11-23(21)32(5)12-10-20(37)15-24(16)32)43-31-29(42-19(4)36)27(41-18(3)35)26(40-17(2)34)28(44-31)30(38)39-7/h10,12,15,21-23,25-29,31H,1,8-9,11,13-14H2,2-7H3/t21-,22-,23-,25-,26+,27+,28+,29-,31-,32+,33-/m0/s1. The molecule has 0 bridgehead atoms. The van der Waals surface area contributed by atoms with Crippen LogP contribution in [0.5, 0.6) is 0 Å². The molecule has 0 aromatic rings. The molecule has 0 amide bonds. The first-order valence-electron chi connectivity index (χ1n) is 15.2. The van der Waals surface area contributed by atoms with Gasteiger partial charge in [0.05, 0.1) is 13.2 Å². The van der Waals surface area contributed by atoms with Gasteiger partial charge in [-0.1, -0.05) is 32.1 Å². The summed E-state index contributed by atoms with van der Waals surface area (Å²) in [5, 5.41) is 0. The molecule has 5 aliphatic rings. The monoisotopic (exact) mass is 614 g/mol. The second-order valence-corrected chi connectivity index (χ2v) is 13.2. The third kappa shape index (κ3) is 5.53. The number of methoxy groups -OCH3 is 1. The number of fused-ring (bicyclic) bond motifs is 5. The van der Waals surface area contributed by atoms with Crippen LogP contribution in [0.4, 0.5) is 0 Å². The molecule has 44 heavy (non-hydrogen) atoms. The van der Waals surface area contributed by atoms with Crippen molar-refractivity contribution in [3.8, 4) is 0 Å². The van der Waals surface area contributed by atoms with E-state index in [9.17, 15) is 24.0 Å². The van der Waals surface area contributed by atoms with Crippen molar-refractivity contribution in [1.29, 1.82) is 0 Å². The van der Waals surface area contributed by atoms with Crippen LogP contribution in [0.25, 0.3) is 0 Å². The van der Waals surface area contributed by atoms with Crippen LogP contribution in [-0.4, -0.2) is 73.6 Å². The minimum absolute atomic E-state index is 0.00451. The van der Waals surface area contributed by atoms with Gasteiger partial charge < -0.3 is 28.4 Å². The van der Waals surface area contributed by atoms with Gasteiger partial charge in [0.15, 0.2) is 36.5 Å². The van der Waals surface area contributed by atoms with Crippen LogP contribution in [0.2, 0.25) is 0 Å². The highest BCUT2D eigenvalue weighted by molar-refractivity contribution is 6.01. The molecule has 0 radical (unpaired) electrons. The Balaban J connectivity index is 1.44. The van der Waals surface area contributed by atoms with Crippen LogP contribution in [0.15, 0.2) is 36.0 Å². The largest absolute Gasteiger partial charge is 0.467 e. The Labute approximate surface area is 257 Å². The molecule has 11 heteroatoms. The lowest BCUT2D eigenvalue weighted by molar-refractivity contribution is -0.317. The average molecular weight is 615 g/mol. The minimum atomic E-state index is -1.50. The van der Waals surface area contributed by atoms with Gasteiger partial charge in [-0.2, -0.15) is 0 Å². The van der Waals surface area contributed by atoms with Crippen molar-refractivity contribution in [2.24, 2.45) is 28.6 Å². The van der Waals surface area contributed by atoms with Crippen LogP contribution in [-0.2, 0) is 52.4 Å². The summed E-state index contributed by atoms with van der Waals surface area (Å²) >= 11 is 0. The zero-order chi connectivity index (χ0) is 32.1. The van der Waals surface area contributed by atoms with E-state index in [1.165, 1.54) is 6.92 Å². The maximum atomic E-state index is 12.9. The number of carbonyl (C=O) groups excluding carboxylic acids is 5. The number of allylic oxidation sites excluding steroid dienone is 5. The molecule has 11 nitrogen and oxygen atoms in total. The van der Waals surface area contributed by atoms with Crippen LogP contribution in [0, 0.1) is 28.6 Å². The van der Waals surface area contributed by atoms with E-state index in [2.05, 4.69) is 26.5 Å². The van der Waals surface area contributed by atoms with E-state index in [1.807, 2.05) is 0 Å². The number of esters is 4. The number of carbonyl (C=O) groups is 5. The molecule has 4 aliphatic carbocycles. The van der Waals surface area contributed by atoms with Gasteiger partial charge in [0, 0.05) is 26.2 Å². The summed E-state index contributed by atoms with van der Waals surface area (Å²) in [6.45, 7) is 12.3. The van der Waals surface area contributed by atoms with Crippen LogP contribution < -0.4 is 0 Å². The number of ketones is 1. The number of hydrogen-bond acceptors (Lipinski definition) is 11. The predicted octanol–water partition coefficient (Wildman–Crippen LogP) is 3.54. The fourth-order valence-electron chi connectivity index (χ4n) is 8.74. The van der Waals surface area contributed by atoms with Gasteiger partial charge in [0.2, 0.25) is 0 Å². The van der Waals surface area contributed by atoms with Crippen LogP contribution >= 0.6 is 0 Å². The summed E-state index contributed by atoms with van der Waals surface area (Å²) in [5.41, 5.74) is 1.47. The smallest absolute Gasteiger partial charge is 0.339 e. The summed E-state index contributed by atoms with van der Waals surface area (Å²) in [5.74, 6) is -2.14. The third-order valence-corrected chi connectivity index (χ3v) is 10.6. The molecule has 5 rings (SSSR count). The SMILES string of the molecule is C=C1C[C@H]2[C@@H]3CC[C@H](O[C@H]4O[C@@H](C(=O)OC)[C@H](OC(C)=O)[C@@H](OC(C)=O)[C@@H]4OC(C)=O)[C@@]3(C)CC[C@@H]2[C@@]2(C)C=CC(=O)C=C12. The highest BCUT2D eigenvalue weighted by atomic mass is 16.7. The predicted molar refractivity (Wildman–Crippen MR) is 153 cm³/mol. The second kappa shape index (κ2) is 11.9. The normalized spacial score (nSPS) is 41.0. The Morgan fingerprint density at radius 3 is 2.18 bits per heavy atom. The third-order valence-electron chi connectivity index (χ3n) is 10.6. The summed E-state index contributed by atoms with van der Waals surface area (Å²) in [6.07, 6.45) is 2.24. The van der Waals surface area contributed by atoms with Crippen molar-refractivity contribution in [3.63, 3.8) is 0 Å². The maximum Gasteiger partial charge on any atom is 0.339 e. The van der Waals surface area contributed by atoms with Crippen molar-refractivity contribution in [3.05, 3.63) is 36.0 Å². The van der Waals surface area contributed by atoms with E-state index in [1.54, 1.807) is 12.2 Å². The van der Waals surface area contributed by atoms with E-state index in [0.717, 1.165) is 57.8 Å². The summed E-state index contributed by atoms with van der Waals surface area (Å²) in [6, 6.07) is 0. The molecule has 0 spiro atoms. The lowest BCUT2D eigenvalue weighted by atomic mass is 9.47. The molecular weight excluding hydrogens is 572 g/mol. The number of ether oxygens (including phenoxy) is 6. The maximum absolute atomic E-state index is 12.9. The Hall–Kier alpha value is -3.31. The van der Waals surface area contributed by atoms with Gasteiger partial charge in [0.25, 0.3) is 0 Å². The highest BCUT2D eigenvalue weighted by Gasteiger charge is 2.62. The fraction of sp³-hybridized carbons (Fsp3) is 0.667. The molecule has 0 aromatic heterocycles. The second-order valence-electron chi connectivity index (χ2n) is 13.2. The summed E-state index contributed by atoms with van der Waals surface area (Å²) in [7, 11) is 1.16. The summed E-state index contributed by atoms with van der Waals surface area (Å²) in [4.78, 5) is 61.5. The fourth-order valence-corrected chi connectivity index (χ4v) is 8.74. The zero-order valence-corrected chi connectivity index (χ0v) is 26.2. The van der Waals surface area contributed by atoms with E-state index >= 15 is 0 Å². The Bertz CT molecular complexity index is 1310. The van der Waals surface area contributed by atoms with Gasteiger partial charge in [0.1, 0.15) is 0 Å². The van der Waals surface area contributed by atoms with E-state index in [4.69, 9.17) is 28.4 Å². The Kier molecular flexibility index (Phi) is 8.67. The first kappa shape index (κ1) is 32.1. The first-order chi connectivity index (χ1) is 20.7. The van der Waals surface area contributed by atoms with Gasteiger partial charge in [-0.25, -0.2) is 4.79 Å². The molecule has 1 heterocycles. The Morgan fingerprint density at radius 1 is 0.909 bits per heavy atom. The van der Waals surface area contributed by atoms with Crippen molar-refractivity contribution in [2.75, 3.05) is 7.11 Å².